The Balaban J connectivity index is 2.06. The van der Waals surface area contributed by atoms with Gasteiger partial charge in [-0.1, -0.05) is 12.1 Å². The number of hydrogen-bond acceptors (Lipinski definition) is 4. The number of carbonyl (C=O) groups excluding carboxylic acids is 1. The van der Waals surface area contributed by atoms with Crippen molar-refractivity contribution in [1.29, 1.82) is 0 Å². The second-order valence-corrected chi connectivity index (χ2v) is 5.31. The van der Waals surface area contributed by atoms with Gasteiger partial charge < -0.3 is 19.8 Å². The molecular weight excluding hydrogens is 274 g/mol. The summed E-state index contributed by atoms with van der Waals surface area (Å²) >= 11 is 0. The fraction of sp³-hybridized carbons (Fsp3) is 0.467. The number of carbonyl (C=O) groups is 2. The van der Waals surface area contributed by atoms with Gasteiger partial charge in [-0.3, -0.25) is 4.79 Å². The van der Waals surface area contributed by atoms with Crippen LogP contribution < -0.4 is 4.74 Å². The summed E-state index contributed by atoms with van der Waals surface area (Å²) in [6.07, 6.45) is -1.56. The normalized spacial score (nSPS) is 22.9. The quantitative estimate of drug-likeness (QED) is 0.858. The van der Waals surface area contributed by atoms with Gasteiger partial charge in [0.15, 0.2) is 6.10 Å². The predicted octanol–water partition coefficient (Wildman–Crippen LogP) is 0.809. The minimum atomic E-state index is -1.11. The number of carboxylic acids is 1. The first-order valence-corrected chi connectivity index (χ1v) is 6.83. The Labute approximate surface area is 122 Å². The average Bonchev–Trinajstić information content (AvgIpc) is 2.80. The van der Waals surface area contributed by atoms with Crippen LogP contribution >= 0.6 is 0 Å². The summed E-state index contributed by atoms with van der Waals surface area (Å²) in [6.45, 7) is 3.52. The van der Waals surface area contributed by atoms with E-state index < -0.39 is 30.1 Å². The van der Waals surface area contributed by atoms with Gasteiger partial charge in [-0.05, 0) is 31.5 Å². The summed E-state index contributed by atoms with van der Waals surface area (Å²) < 4.78 is 5.57. The molecule has 1 aliphatic heterocycles. The van der Waals surface area contributed by atoms with Crippen LogP contribution in [0, 0.1) is 6.92 Å². The molecule has 0 bridgehead atoms. The molecule has 2 N–H and O–H groups in total. The Morgan fingerprint density at radius 1 is 1.43 bits per heavy atom. The van der Waals surface area contributed by atoms with Crippen LogP contribution in [-0.2, 0) is 9.59 Å². The molecule has 1 amide bonds. The van der Waals surface area contributed by atoms with E-state index in [1.54, 1.807) is 19.1 Å². The van der Waals surface area contributed by atoms with Crippen molar-refractivity contribution in [3.8, 4) is 5.75 Å². The summed E-state index contributed by atoms with van der Waals surface area (Å²) in [5.74, 6) is -0.981. The molecule has 21 heavy (non-hydrogen) atoms. The fourth-order valence-corrected chi connectivity index (χ4v) is 2.47. The largest absolute Gasteiger partial charge is 0.481 e. The Morgan fingerprint density at radius 2 is 2.14 bits per heavy atom. The molecule has 0 aliphatic carbocycles. The van der Waals surface area contributed by atoms with Gasteiger partial charge in [0.25, 0.3) is 5.91 Å². The fourth-order valence-electron chi connectivity index (χ4n) is 2.47. The monoisotopic (exact) mass is 293 g/mol. The van der Waals surface area contributed by atoms with Gasteiger partial charge in [0.1, 0.15) is 11.8 Å². The molecule has 1 aromatic carbocycles. The molecule has 114 valence electrons. The van der Waals surface area contributed by atoms with Gasteiger partial charge in [0.05, 0.1) is 6.10 Å². The average molecular weight is 293 g/mol. The van der Waals surface area contributed by atoms with Gasteiger partial charge in [-0.15, -0.1) is 0 Å². The molecule has 1 aromatic rings. The zero-order chi connectivity index (χ0) is 15.6. The minimum absolute atomic E-state index is 0.0251. The van der Waals surface area contributed by atoms with Crippen molar-refractivity contribution in [1.82, 2.24) is 4.90 Å². The topological polar surface area (TPSA) is 87.1 Å². The third-order valence-corrected chi connectivity index (χ3v) is 3.50. The van der Waals surface area contributed by atoms with Crippen molar-refractivity contribution in [2.75, 3.05) is 6.54 Å². The van der Waals surface area contributed by atoms with Gasteiger partial charge in [0, 0.05) is 13.0 Å². The lowest BCUT2D eigenvalue weighted by Crippen LogP contribution is -2.46. The Bertz CT molecular complexity index is 545. The molecule has 0 saturated carbocycles. The molecule has 6 heteroatoms. The van der Waals surface area contributed by atoms with Crippen LogP contribution in [0.25, 0.3) is 0 Å². The number of rotatable bonds is 4. The van der Waals surface area contributed by atoms with Gasteiger partial charge in [-0.2, -0.15) is 0 Å². The van der Waals surface area contributed by atoms with E-state index in [0.717, 1.165) is 5.56 Å². The molecule has 6 nitrogen and oxygen atoms in total. The van der Waals surface area contributed by atoms with Crippen LogP contribution in [0.5, 0.6) is 5.75 Å². The first kappa shape index (κ1) is 15.3. The van der Waals surface area contributed by atoms with Crippen molar-refractivity contribution in [3.63, 3.8) is 0 Å². The van der Waals surface area contributed by atoms with Crippen LogP contribution in [-0.4, -0.2) is 51.8 Å². The Morgan fingerprint density at radius 3 is 2.76 bits per heavy atom. The third-order valence-electron chi connectivity index (χ3n) is 3.50. The Kier molecular flexibility index (Phi) is 4.47. The van der Waals surface area contributed by atoms with Crippen molar-refractivity contribution in [2.45, 2.75) is 38.5 Å². The SMILES string of the molecule is Cc1cccc(OC(C)C(=O)N2C[C@@H](O)C[C@H]2C(=O)O)c1. The number of amides is 1. The zero-order valence-electron chi connectivity index (χ0n) is 12.0. The van der Waals surface area contributed by atoms with Crippen molar-refractivity contribution >= 4 is 11.9 Å². The number of carboxylic acid groups (broad SMARTS) is 1. The maximum absolute atomic E-state index is 12.3. The summed E-state index contributed by atoms with van der Waals surface area (Å²) in [4.78, 5) is 24.6. The van der Waals surface area contributed by atoms with Crippen molar-refractivity contribution < 1.29 is 24.5 Å². The van der Waals surface area contributed by atoms with E-state index in [1.165, 1.54) is 4.90 Å². The van der Waals surface area contributed by atoms with E-state index in [-0.39, 0.29) is 13.0 Å². The van der Waals surface area contributed by atoms with Gasteiger partial charge >= 0.3 is 5.97 Å². The van der Waals surface area contributed by atoms with Gasteiger partial charge in [0.2, 0.25) is 0 Å². The molecule has 1 unspecified atom stereocenters. The maximum Gasteiger partial charge on any atom is 0.326 e. The van der Waals surface area contributed by atoms with E-state index in [2.05, 4.69) is 0 Å². The van der Waals surface area contributed by atoms with E-state index >= 15 is 0 Å². The number of aliphatic carboxylic acids is 1. The minimum Gasteiger partial charge on any atom is -0.481 e. The van der Waals surface area contributed by atoms with E-state index in [9.17, 15) is 14.7 Å². The first-order chi connectivity index (χ1) is 9.88. The molecular formula is C15H19NO5. The molecule has 0 aromatic heterocycles. The second-order valence-electron chi connectivity index (χ2n) is 5.31. The van der Waals surface area contributed by atoms with Crippen LogP contribution in [0.2, 0.25) is 0 Å². The van der Waals surface area contributed by atoms with Gasteiger partial charge in [-0.25, -0.2) is 4.79 Å². The number of aryl methyl sites for hydroxylation is 1. The number of aliphatic hydroxyl groups excluding tert-OH is 1. The number of likely N-dealkylation sites (tertiary alicyclic amines) is 1. The molecule has 0 spiro atoms. The summed E-state index contributed by atoms with van der Waals surface area (Å²) in [7, 11) is 0. The highest BCUT2D eigenvalue weighted by atomic mass is 16.5. The molecule has 1 heterocycles. The van der Waals surface area contributed by atoms with Crippen LogP contribution in [0.3, 0.4) is 0 Å². The maximum atomic E-state index is 12.3. The van der Waals surface area contributed by atoms with E-state index in [4.69, 9.17) is 9.84 Å². The second kappa shape index (κ2) is 6.13. The summed E-state index contributed by atoms with van der Waals surface area (Å²) in [5.41, 5.74) is 1.01. The third kappa shape index (κ3) is 3.52. The van der Waals surface area contributed by atoms with Crippen LogP contribution in [0.4, 0.5) is 0 Å². The van der Waals surface area contributed by atoms with Crippen molar-refractivity contribution in [3.05, 3.63) is 29.8 Å². The smallest absolute Gasteiger partial charge is 0.326 e. The van der Waals surface area contributed by atoms with Crippen LogP contribution in [0.15, 0.2) is 24.3 Å². The number of β-amino-alcohol motifs (C(OH)–C–C–N with tert-alkyl or cyclic N) is 1. The number of nitrogens with zero attached hydrogens (tertiary/aromatic N) is 1. The number of hydrogen-bond donors (Lipinski definition) is 2. The van der Waals surface area contributed by atoms with Crippen LogP contribution in [0.1, 0.15) is 18.9 Å². The lowest BCUT2D eigenvalue weighted by Gasteiger charge is -2.25. The lowest BCUT2D eigenvalue weighted by molar-refractivity contribution is -0.150. The molecule has 0 radical (unpaired) electrons. The summed E-state index contributed by atoms with van der Waals surface area (Å²) in [6, 6.07) is 6.29. The predicted molar refractivity (Wildman–Crippen MR) is 75.0 cm³/mol. The highest BCUT2D eigenvalue weighted by molar-refractivity contribution is 5.87. The first-order valence-electron chi connectivity index (χ1n) is 6.83. The lowest BCUT2D eigenvalue weighted by atomic mass is 10.2. The number of benzene rings is 1. The standard InChI is InChI=1S/C15H19NO5/c1-9-4-3-5-12(6-9)21-10(2)14(18)16-8-11(17)7-13(16)15(19)20/h3-6,10-11,13,17H,7-8H2,1-2H3,(H,19,20)/t10?,11-,13-/m0/s1. The van der Waals surface area contributed by atoms with E-state index in [0.29, 0.717) is 5.75 Å². The highest BCUT2D eigenvalue weighted by Crippen LogP contribution is 2.21. The zero-order valence-corrected chi connectivity index (χ0v) is 12.0. The molecule has 1 fully saturated rings. The molecule has 2 rings (SSSR count). The molecule has 1 aliphatic rings. The number of ether oxygens (including phenoxy) is 1. The summed E-state index contributed by atoms with van der Waals surface area (Å²) in [5, 5.41) is 18.7. The molecule has 3 atom stereocenters. The number of aliphatic hydroxyl groups is 1. The highest BCUT2D eigenvalue weighted by Gasteiger charge is 2.40. The Hall–Kier alpha value is -2.08. The van der Waals surface area contributed by atoms with Crippen molar-refractivity contribution in [2.24, 2.45) is 0 Å². The van der Waals surface area contributed by atoms with E-state index in [1.807, 2.05) is 19.1 Å². The molecule has 1 saturated heterocycles.